The van der Waals surface area contributed by atoms with Crippen molar-refractivity contribution in [2.75, 3.05) is 0 Å². The van der Waals surface area contributed by atoms with Crippen molar-refractivity contribution in [3.8, 4) is 0 Å². The van der Waals surface area contributed by atoms with Crippen molar-refractivity contribution in [2.45, 2.75) is 6.42 Å². The molecule has 0 rings (SSSR count). The molecule has 60 valence electrons. The van der Waals surface area contributed by atoms with E-state index in [-0.39, 0.29) is 0 Å². The lowest BCUT2D eigenvalue weighted by atomic mass is 10.2. The smallest absolute Gasteiger partial charge is 0.357 e. The number of carboxylic acid groups (broad SMARTS) is 2. The molecule has 0 aromatic rings. The second-order valence-electron chi connectivity index (χ2n) is 1.67. The number of aliphatic carboxylic acids is 2. The van der Waals surface area contributed by atoms with Crippen molar-refractivity contribution in [1.29, 1.82) is 5.41 Å². The van der Waals surface area contributed by atoms with E-state index in [4.69, 9.17) is 15.6 Å². The molecule has 11 heavy (non-hydrogen) atoms. The van der Waals surface area contributed by atoms with Crippen molar-refractivity contribution < 1.29 is 24.6 Å². The molecular weight excluding hydrogens is 154 g/mol. The van der Waals surface area contributed by atoms with Crippen LogP contribution in [0.15, 0.2) is 0 Å². The van der Waals surface area contributed by atoms with Gasteiger partial charge in [-0.15, -0.1) is 0 Å². The molecule has 0 radical (unpaired) electrons. The minimum Gasteiger partial charge on any atom is -0.481 e. The molecule has 0 fully saturated rings. The van der Waals surface area contributed by atoms with Gasteiger partial charge in [0.05, 0.1) is 0 Å². The van der Waals surface area contributed by atoms with Gasteiger partial charge < -0.3 is 10.2 Å². The van der Waals surface area contributed by atoms with Crippen LogP contribution in [-0.2, 0) is 14.4 Å². The molecule has 0 saturated carbocycles. The van der Waals surface area contributed by atoms with E-state index in [2.05, 4.69) is 0 Å². The lowest BCUT2D eigenvalue weighted by Crippen LogP contribution is -2.24. The van der Waals surface area contributed by atoms with Crippen LogP contribution in [0.5, 0.6) is 0 Å². The molecule has 0 saturated heterocycles. The van der Waals surface area contributed by atoms with Gasteiger partial charge in [-0.2, -0.15) is 0 Å². The molecule has 6 nitrogen and oxygen atoms in total. The first kappa shape index (κ1) is 9.28. The molecule has 3 N–H and O–H groups in total. The predicted octanol–water partition coefficient (Wildman–Crippen LogP) is -0.865. The monoisotopic (exact) mass is 159 g/mol. The number of carboxylic acids is 2. The summed E-state index contributed by atoms with van der Waals surface area (Å²) in [5, 5.41) is 22.6. The molecule has 0 aromatic heterocycles. The number of Topliss-reactive ketones (excluding diaryl/α,β-unsaturated/α-hetero) is 1. The fourth-order valence-electron chi connectivity index (χ4n) is 0.345. The molecule has 0 unspecified atom stereocenters. The number of rotatable bonds is 4. The highest BCUT2D eigenvalue weighted by Crippen LogP contribution is 1.86. The Labute approximate surface area is 61.0 Å². The summed E-state index contributed by atoms with van der Waals surface area (Å²) >= 11 is 0. The standard InChI is InChI=1S/C5H5NO5/c6-4(5(10)11)2(7)1-3(8)9/h6H,1H2,(H,8,9)(H,10,11). The first-order chi connectivity index (χ1) is 4.95. The average molecular weight is 159 g/mol. The Bertz CT molecular complexity index is 231. The average Bonchev–Trinajstić information content (AvgIpc) is 1.84. The summed E-state index contributed by atoms with van der Waals surface area (Å²) in [6.07, 6.45) is -0.953. The summed E-state index contributed by atoms with van der Waals surface area (Å²) in [6.45, 7) is 0. The van der Waals surface area contributed by atoms with Crippen LogP contribution in [0.2, 0.25) is 0 Å². The zero-order valence-electron chi connectivity index (χ0n) is 5.33. The zero-order valence-corrected chi connectivity index (χ0v) is 5.33. The largest absolute Gasteiger partial charge is 0.481 e. The number of carbonyl (C=O) groups excluding carboxylic acids is 1. The fourth-order valence-corrected chi connectivity index (χ4v) is 0.345. The number of hydrogen-bond acceptors (Lipinski definition) is 4. The third kappa shape index (κ3) is 3.09. The Kier molecular flexibility index (Phi) is 2.91. The Morgan fingerprint density at radius 3 is 1.91 bits per heavy atom. The van der Waals surface area contributed by atoms with Crippen LogP contribution in [0.3, 0.4) is 0 Å². The second kappa shape index (κ2) is 3.45. The SMILES string of the molecule is N=C(C(=O)O)C(=O)CC(=O)O. The molecule has 0 bridgehead atoms. The Hall–Kier alpha value is -1.72. The fraction of sp³-hybridized carbons (Fsp3) is 0.200. The van der Waals surface area contributed by atoms with Crippen molar-refractivity contribution in [3.05, 3.63) is 0 Å². The molecule has 0 amide bonds. The second-order valence-corrected chi connectivity index (χ2v) is 1.67. The maximum Gasteiger partial charge on any atom is 0.357 e. The molecule has 0 atom stereocenters. The highest BCUT2D eigenvalue weighted by Gasteiger charge is 2.19. The van der Waals surface area contributed by atoms with Crippen molar-refractivity contribution in [3.63, 3.8) is 0 Å². The topological polar surface area (TPSA) is 116 Å². The number of carbonyl (C=O) groups is 3. The lowest BCUT2D eigenvalue weighted by Gasteiger charge is -1.92. The molecule has 0 heterocycles. The molecule has 6 heteroatoms. The summed E-state index contributed by atoms with van der Waals surface area (Å²) in [5.74, 6) is -4.36. The van der Waals surface area contributed by atoms with E-state index in [0.29, 0.717) is 0 Å². The van der Waals surface area contributed by atoms with Gasteiger partial charge in [-0.1, -0.05) is 0 Å². The molecule has 0 aliphatic heterocycles. The Morgan fingerprint density at radius 1 is 1.18 bits per heavy atom. The van der Waals surface area contributed by atoms with Crippen LogP contribution in [-0.4, -0.2) is 33.6 Å². The maximum absolute atomic E-state index is 10.4. The molecule has 0 aliphatic carbocycles. The van der Waals surface area contributed by atoms with Gasteiger partial charge in [-0.3, -0.25) is 15.0 Å². The van der Waals surface area contributed by atoms with Crippen LogP contribution >= 0.6 is 0 Å². The van der Waals surface area contributed by atoms with E-state index in [1.54, 1.807) is 0 Å². The van der Waals surface area contributed by atoms with Crippen LogP contribution in [0.25, 0.3) is 0 Å². The normalized spacial score (nSPS) is 8.73. The van der Waals surface area contributed by atoms with E-state index < -0.39 is 29.9 Å². The van der Waals surface area contributed by atoms with Gasteiger partial charge in [-0.25, -0.2) is 4.79 Å². The Morgan fingerprint density at radius 2 is 1.64 bits per heavy atom. The minimum absolute atomic E-state index is 0.953. The molecule has 0 aromatic carbocycles. The van der Waals surface area contributed by atoms with Gasteiger partial charge in [-0.05, 0) is 0 Å². The third-order valence-corrected chi connectivity index (χ3v) is 0.804. The maximum atomic E-state index is 10.4. The summed E-state index contributed by atoms with van der Waals surface area (Å²) in [6, 6.07) is 0. The highest BCUT2D eigenvalue weighted by molar-refractivity contribution is 6.63. The summed E-state index contributed by atoms with van der Waals surface area (Å²) in [4.78, 5) is 30.1. The van der Waals surface area contributed by atoms with E-state index >= 15 is 0 Å². The molecule has 0 aliphatic rings. The van der Waals surface area contributed by atoms with E-state index in [0.717, 1.165) is 0 Å². The summed E-state index contributed by atoms with van der Waals surface area (Å²) in [5.41, 5.74) is -1.20. The highest BCUT2D eigenvalue weighted by atomic mass is 16.4. The Balaban J connectivity index is 4.16. The predicted molar refractivity (Wildman–Crippen MR) is 32.6 cm³/mol. The van der Waals surface area contributed by atoms with Crippen LogP contribution in [0, 0.1) is 5.41 Å². The number of hydrogen-bond donors (Lipinski definition) is 3. The first-order valence-electron chi connectivity index (χ1n) is 2.52. The molecular formula is C5H5NO5. The number of ketones is 1. The third-order valence-electron chi connectivity index (χ3n) is 0.804. The van der Waals surface area contributed by atoms with E-state index in [1.807, 2.05) is 0 Å². The van der Waals surface area contributed by atoms with Crippen LogP contribution in [0.1, 0.15) is 6.42 Å². The van der Waals surface area contributed by atoms with Gasteiger partial charge in [0.25, 0.3) is 0 Å². The van der Waals surface area contributed by atoms with E-state index in [9.17, 15) is 14.4 Å². The van der Waals surface area contributed by atoms with Crippen molar-refractivity contribution >= 4 is 23.4 Å². The van der Waals surface area contributed by atoms with Gasteiger partial charge in [0, 0.05) is 0 Å². The summed E-state index contributed by atoms with van der Waals surface area (Å²) in [7, 11) is 0. The lowest BCUT2D eigenvalue weighted by molar-refractivity contribution is -0.139. The van der Waals surface area contributed by atoms with Gasteiger partial charge in [0.2, 0.25) is 0 Å². The van der Waals surface area contributed by atoms with Crippen molar-refractivity contribution in [2.24, 2.45) is 0 Å². The zero-order chi connectivity index (χ0) is 9.02. The van der Waals surface area contributed by atoms with E-state index in [1.165, 1.54) is 0 Å². The minimum atomic E-state index is -1.71. The van der Waals surface area contributed by atoms with Crippen molar-refractivity contribution in [1.82, 2.24) is 0 Å². The quantitative estimate of drug-likeness (QED) is 0.364. The first-order valence-corrected chi connectivity index (χ1v) is 2.52. The van der Waals surface area contributed by atoms with Gasteiger partial charge in [0.1, 0.15) is 6.42 Å². The summed E-state index contributed by atoms with van der Waals surface area (Å²) < 4.78 is 0. The van der Waals surface area contributed by atoms with Gasteiger partial charge in [0.15, 0.2) is 11.5 Å². The van der Waals surface area contributed by atoms with Crippen LogP contribution in [0.4, 0.5) is 0 Å². The number of nitrogens with one attached hydrogen (secondary N) is 1. The molecule has 0 spiro atoms. The van der Waals surface area contributed by atoms with Crippen LogP contribution < -0.4 is 0 Å². The van der Waals surface area contributed by atoms with Gasteiger partial charge >= 0.3 is 11.9 Å².